The zero-order valence-electron chi connectivity index (χ0n) is 16.7. The number of hydrogen-bond acceptors (Lipinski definition) is 6. The van der Waals surface area contributed by atoms with Crippen LogP contribution in [0.1, 0.15) is 43.4 Å². The van der Waals surface area contributed by atoms with Gasteiger partial charge in [-0.25, -0.2) is 0 Å². The third-order valence-corrected chi connectivity index (χ3v) is 4.97. The largest absolute Gasteiger partial charge is 0.466 e. The van der Waals surface area contributed by atoms with E-state index in [1.54, 1.807) is 29.6 Å². The van der Waals surface area contributed by atoms with Gasteiger partial charge in [0.2, 0.25) is 0 Å². The van der Waals surface area contributed by atoms with Crippen molar-refractivity contribution in [1.82, 2.24) is 14.7 Å². The van der Waals surface area contributed by atoms with Gasteiger partial charge in [-0.2, -0.15) is 5.10 Å². The van der Waals surface area contributed by atoms with Crippen molar-refractivity contribution < 1.29 is 23.8 Å². The van der Waals surface area contributed by atoms with Crippen molar-refractivity contribution in [2.75, 3.05) is 26.3 Å². The molecule has 0 spiro atoms. The van der Waals surface area contributed by atoms with Crippen LogP contribution in [-0.4, -0.2) is 64.8 Å². The third kappa shape index (κ3) is 4.68. The number of amides is 1. The van der Waals surface area contributed by atoms with E-state index in [-0.39, 0.29) is 29.8 Å². The molecule has 0 N–H and O–H groups in total. The number of esters is 1. The molecule has 1 aromatic heterocycles. The van der Waals surface area contributed by atoms with Crippen LogP contribution in [0.4, 0.5) is 0 Å². The first-order valence-electron chi connectivity index (χ1n) is 9.48. The van der Waals surface area contributed by atoms with Crippen LogP contribution >= 0.6 is 0 Å². The van der Waals surface area contributed by atoms with E-state index >= 15 is 0 Å². The number of carbonyl (C=O) groups is 2. The Morgan fingerprint density at radius 2 is 2.15 bits per heavy atom. The molecule has 2 fully saturated rings. The fourth-order valence-corrected chi connectivity index (χ4v) is 3.58. The molecule has 1 aliphatic heterocycles. The molecule has 1 saturated heterocycles. The zero-order valence-corrected chi connectivity index (χ0v) is 16.7. The molecule has 0 bridgehead atoms. The minimum absolute atomic E-state index is 0.110. The summed E-state index contributed by atoms with van der Waals surface area (Å²) in [5.74, 6) is -0.924. The van der Waals surface area contributed by atoms with Crippen LogP contribution in [0.3, 0.4) is 0 Å². The van der Waals surface area contributed by atoms with E-state index in [9.17, 15) is 9.59 Å². The number of nitrogens with zero attached hydrogens (tertiary/aromatic N) is 3. The standard InChI is InChI=1S/C19H29N3O5/c1-6-25-18(24)15-8-13(15)9-22(10-14-11-26-19(3,4)27-14)17(23)16-7-12(2)20-21(16)5/h7,13-15H,6,8-11H2,1-5H3/t13-,14-,15-/m1/s1. The van der Waals surface area contributed by atoms with Crippen LogP contribution in [-0.2, 0) is 26.1 Å². The Morgan fingerprint density at radius 1 is 1.41 bits per heavy atom. The van der Waals surface area contributed by atoms with E-state index < -0.39 is 5.79 Å². The molecule has 150 valence electrons. The molecule has 1 aliphatic carbocycles. The number of ether oxygens (including phenoxy) is 3. The number of carbonyl (C=O) groups excluding carboxylic acids is 2. The van der Waals surface area contributed by atoms with Gasteiger partial charge >= 0.3 is 5.97 Å². The minimum Gasteiger partial charge on any atom is -0.466 e. The molecule has 3 atom stereocenters. The van der Waals surface area contributed by atoms with Crippen molar-refractivity contribution in [3.8, 4) is 0 Å². The summed E-state index contributed by atoms with van der Waals surface area (Å²) in [7, 11) is 1.76. The van der Waals surface area contributed by atoms with Crippen molar-refractivity contribution >= 4 is 11.9 Å². The lowest BCUT2D eigenvalue weighted by Crippen LogP contribution is -2.41. The lowest BCUT2D eigenvalue weighted by molar-refractivity contribution is -0.145. The Hall–Kier alpha value is -1.93. The van der Waals surface area contributed by atoms with Crippen LogP contribution in [0.15, 0.2) is 6.07 Å². The zero-order chi connectivity index (χ0) is 19.8. The van der Waals surface area contributed by atoms with Crippen LogP contribution in [0, 0.1) is 18.8 Å². The van der Waals surface area contributed by atoms with Gasteiger partial charge in [-0.15, -0.1) is 0 Å². The number of aromatic nitrogens is 2. The fraction of sp³-hybridized carbons (Fsp3) is 0.737. The summed E-state index contributed by atoms with van der Waals surface area (Å²) < 4.78 is 18.2. The maximum Gasteiger partial charge on any atom is 0.309 e. The molecule has 3 rings (SSSR count). The van der Waals surface area contributed by atoms with Crippen molar-refractivity contribution in [3.05, 3.63) is 17.5 Å². The van der Waals surface area contributed by atoms with Gasteiger partial charge in [0, 0.05) is 20.1 Å². The van der Waals surface area contributed by atoms with Crippen molar-refractivity contribution in [2.24, 2.45) is 18.9 Å². The normalized spacial score (nSPS) is 26.0. The molecule has 1 saturated carbocycles. The van der Waals surface area contributed by atoms with E-state index in [2.05, 4.69) is 5.10 Å². The molecule has 0 radical (unpaired) electrons. The highest BCUT2D eigenvalue weighted by Crippen LogP contribution is 2.40. The summed E-state index contributed by atoms with van der Waals surface area (Å²) in [4.78, 5) is 26.8. The summed E-state index contributed by atoms with van der Waals surface area (Å²) in [6.07, 6.45) is 0.554. The van der Waals surface area contributed by atoms with Crippen LogP contribution in [0.25, 0.3) is 0 Å². The molecule has 0 unspecified atom stereocenters. The molecule has 2 heterocycles. The maximum absolute atomic E-state index is 13.1. The quantitative estimate of drug-likeness (QED) is 0.668. The monoisotopic (exact) mass is 379 g/mol. The Labute approximate surface area is 159 Å². The molecule has 2 aliphatic rings. The number of hydrogen-bond donors (Lipinski definition) is 0. The Bertz CT molecular complexity index is 714. The average molecular weight is 379 g/mol. The highest BCUT2D eigenvalue weighted by atomic mass is 16.7. The van der Waals surface area contributed by atoms with Crippen LogP contribution < -0.4 is 0 Å². The fourth-order valence-electron chi connectivity index (χ4n) is 3.58. The predicted octanol–water partition coefficient (Wildman–Crippen LogP) is 1.52. The van der Waals surface area contributed by atoms with E-state index in [1.807, 2.05) is 20.8 Å². The number of aryl methyl sites for hydroxylation is 2. The summed E-state index contributed by atoms with van der Waals surface area (Å²) in [6, 6.07) is 1.78. The summed E-state index contributed by atoms with van der Waals surface area (Å²) in [5.41, 5.74) is 1.32. The first-order chi connectivity index (χ1) is 12.7. The third-order valence-electron chi connectivity index (χ3n) is 4.97. The maximum atomic E-state index is 13.1. The molecule has 8 nitrogen and oxygen atoms in total. The van der Waals surface area contributed by atoms with Gasteiger partial charge in [-0.1, -0.05) is 0 Å². The Kier molecular flexibility index (Phi) is 5.58. The van der Waals surface area contributed by atoms with E-state index in [1.165, 1.54) is 0 Å². The molecular formula is C19H29N3O5. The van der Waals surface area contributed by atoms with Crippen molar-refractivity contribution in [2.45, 2.75) is 46.0 Å². The van der Waals surface area contributed by atoms with Gasteiger partial charge in [0.05, 0.1) is 24.8 Å². The number of rotatable bonds is 7. The van der Waals surface area contributed by atoms with Gasteiger partial charge in [-0.3, -0.25) is 14.3 Å². The first-order valence-corrected chi connectivity index (χ1v) is 9.48. The summed E-state index contributed by atoms with van der Waals surface area (Å²) in [5, 5.41) is 4.27. The average Bonchev–Trinajstić information content (AvgIpc) is 3.15. The SMILES string of the molecule is CCOC(=O)[C@@H]1C[C@@H]1CN(C[C@@H]1COC(C)(C)O1)C(=O)c1cc(C)nn1C. The second kappa shape index (κ2) is 7.59. The molecule has 0 aromatic carbocycles. The van der Waals surface area contributed by atoms with E-state index in [0.29, 0.717) is 32.0 Å². The van der Waals surface area contributed by atoms with Crippen molar-refractivity contribution in [1.29, 1.82) is 0 Å². The smallest absolute Gasteiger partial charge is 0.309 e. The topological polar surface area (TPSA) is 82.9 Å². The van der Waals surface area contributed by atoms with Gasteiger partial charge < -0.3 is 19.1 Å². The van der Waals surface area contributed by atoms with Crippen LogP contribution in [0.5, 0.6) is 0 Å². The van der Waals surface area contributed by atoms with Gasteiger partial charge in [0.1, 0.15) is 11.8 Å². The van der Waals surface area contributed by atoms with Gasteiger partial charge in [0.25, 0.3) is 5.91 Å². The minimum atomic E-state index is -0.643. The second-order valence-corrected chi connectivity index (χ2v) is 7.81. The van der Waals surface area contributed by atoms with E-state index in [0.717, 1.165) is 12.1 Å². The molecule has 8 heteroatoms. The molecular weight excluding hydrogens is 350 g/mol. The molecule has 1 aromatic rings. The van der Waals surface area contributed by atoms with Crippen LogP contribution in [0.2, 0.25) is 0 Å². The van der Waals surface area contributed by atoms with E-state index in [4.69, 9.17) is 14.2 Å². The highest BCUT2D eigenvalue weighted by Gasteiger charge is 2.46. The summed E-state index contributed by atoms with van der Waals surface area (Å²) >= 11 is 0. The Morgan fingerprint density at radius 3 is 2.70 bits per heavy atom. The summed E-state index contributed by atoms with van der Waals surface area (Å²) in [6.45, 7) is 9.10. The van der Waals surface area contributed by atoms with Gasteiger partial charge in [0.15, 0.2) is 5.79 Å². The Balaban J connectivity index is 1.70. The van der Waals surface area contributed by atoms with Crippen molar-refractivity contribution in [3.63, 3.8) is 0 Å². The lowest BCUT2D eigenvalue weighted by atomic mass is 10.2. The first kappa shape index (κ1) is 19.8. The predicted molar refractivity (Wildman–Crippen MR) is 97.0 cm³/mol. The molecule has 27 heavy (non-hydrogen) atoms. The lowest BCUT2D eigenvalue weighted by Gasteiger charge is -2.26. The second-order valence-electron chi connectivity index (χ2n) is 7.81. The highest BCUT2D eigenvalue weighted by molar-refractivity contribution is 5.92. The van der Waals surface area contributed by atoms with Gasteiger partial charge in [-0.05, 0) is 46.1 Å². The molecule has 1 amide bonds.